The Morgan fingerprint density at radius 3 is 2.79 bits per heavy atom. The van der Waals surface area contributed by atoms with Crippen molar-refractivity contribution in [1.82, 2.24) is 5.32 Å². The van der Waals surface area contributed by atoms with Gasteiger partial charge in [0.25, 0.3) is 11.6 Å². The molecule has 0 spiro atoms. The van der Waals surface area contributed by atoms with E-state index in [0.717, 1.165) is 24.6 Å². The highest BCUT2D eigenvalue weighted by Crippen LogP contribution is 2.19. The number of hydrogen-bond acceptors (Lipinski definition) is 4. The summed E-state index contributed by atoms with van der Waals surface area (Å²) >= 11 is 0. The van der Waals surface area contributed by atoms with E-state index in [2.05, 4.69) is 5.32 Å². The number of halogens is 1. The zero-order chi connectivity index (χ0) is 14.4. The Bertz CT molecular complexity index is 479. The van der Waals surface area contributed by atoms with Crippen molar-refractivity contribution in [3.63, 3.8) is 0 Å². The van der Waals surface area contributed by atoms with Crippen LogP contribution in [0.25, 0.3) is 0 Å². The molecule has 0 radical (unpaired) electrons. The number of amides is 1. The van der Waals surface area contributed by atoms with E-state index >= 15 is 0 Å². The summed E-state index contributed by atoms with van der Waals surface area (Å²) in [6.07, 6.45) is 1.50. The molecule has 19 heavy (non-hydrogen) atoms. The molecule has 0 saturated heterocycles. The molecule has 0 bridgehead atoms. The Balaban J connectivity index is 2.96. The highest BCUT2D eigenvalue weighted by Gasteiger charge is 2.22. The summed E-state index contributed by atoms with van der Waals surface area (Å²) in [4.78, 5) is 21.9. The van der Waals surface area contributed by atoms with Gasteiger partial charge in [0.15, 0.2) is 0 Å². The summed E-state index contributed by atoms with van der Waals surface area (Å²) < 4.78 is 13.0. The van der Waals surface area contributed by atoms with Crippen LogP contribution in [0.2, 0.25) is 0 Å². The molecule has 6 nitrogen and oxygen atoms in total. The molecule has 0 fully saturated rings. The molecule has 7 heteroatoms. The number of nitro groups is 1. The topological polar surface area (TPSA) is 98.3 Å². The summed E-state index contributed by atoms with van der Waals surface area (Å²) in [5.41, 5.74) is 4.78. The van der Waals surface area contributed by atoms with Crippen LogP contribution in [0.5, 0.6) is 0 Å². The average Bonchev–Trinajstić information content (AvgIpc) is 2.37. The fraction of sp³-hybridized carbons (Fsp3) is 0.417. The van der Waals surface area contributed by atoms with Crippen LogP contribution in [0.15, 0.2) is 18.2 Å². The third kappa shape index (κ3) is 3.99. The summed E-state index contributed by atoms with van der Waals surface area (Å²) in [5, 5.41) is 13.4. The number of nitrogens with zero attached hydrogens (tertiary/aromatic N) is 1. The van der Waals surface area contributed by atoms with Gasteiger partial charge in [-0.1, -0.05) is 13.3 Å². The Labute approximate surface area is 109 Å². The maximum atomic E-state index is 13.0. The number of rotatable bonds is 6. The normalized spacial score (nSPS) is 11.9. The van der Waals surface area contributed by atoms with Crippen LogP contribution in [0.3, 0.4) is 0 Å². The second kappa shape index (κ2) is 6.79. The smallest absolute Gasteiger partial charge is 0.285 e. The third-order valence-corrected chi connectivity index (χ3v) is 2.66. The van der Waals surface area contributed by atoms with E-state index < -0.39 is 22.3 Å². The van der Waals surface area contributed by atoms with Gasteiger partial charge in [-0.3, -0.25) is 14.9 Å². The molecule has 1 rings (SSSR count). The summed E-state index contributed by atoms with van der Waals surface area (Å²) in [6.45, 7) is 2.18. The molecule has 0 aliphatic heterocycles. The lowest BCUT2D eigenvalue weighted by Gasteiger charge is -2.15. The first-order valence-electron chi connectivity index (χ1n) is 5.94. The van der Waals surface area contributed by atoms with Crippen LogP contribution >= 0.6 is 0 Å². The van der Waals surface area contributed by atoms with Gasteiger partial charge >= 0.3 is 0 Å². The van der Waals surface area contributed by atoms with Gasteiger partial charge in [0, 0.05) is 12.6 Å². The van der Waals surface area contributed by atoms with Gasteiger partial charge in [-0.05, 0) is 18.6 Å². The zero-order valence-electron chi connectivity index (χ0n) is 10.6. The van der Waals surface area contributed by atoms with Crippen molar-refractivity contribution in [3.8, 4) is 0 Å². The number of nitrogens with one attached hydrogen (secondary N) is 1. The lowest BCUT2D eigenvalue weighted by molar-refractivity contribution is -0.385. The van der Waals surface area contributed by atoms with Crippen molar-refractivity contribution in [1.29, 1.82) is 0 Å². The van der Waals surface area contributed by atoms with Crippen LogP contribution in [-0.4, -0.2) is 23.4 Å². The van der Waals surface area contributed by atoms with Gasteiger partial charge in [0.1, 0.15) is 11.4 Å². The molecule has 3 N–H and O–H groups in total. The number of nitrogens with two attached hydrogens (primary N) is 1. The van der Waals surface area contributed by atoms with Crippen molar-refractivity contribution in [2.75, 3.05) is 6.54 Å². The van der Waals surface area contributed by atoms with Crippen LogP contribution in [0.4, 0.5) is 10.1 Å². The minimum Gasteiger partial charge on any atom is -0.348 e. The van der Waals surface area contributed by atoms with Crippen molar-refractivity contribution in [2.45, 2.75) is 25.8 Å². The largest absolute Gasteiger partial charge is 0.348 e. The van der Waals surface area contributed by atoms with Crippen LogP contribution in [0.1, 0.15) is 30.1 Å². The van der Waals surface area contributed by atoms with Gasteiger partial charge in [-0.25, -0.2) is 4.39 Å². The first kappa shape index (κ1) is 15.0. The lowest BCUT2D eigenvalue weighted by atomic mass is 10.1. The highest BCUT2D eigenvalue weighted by atomic mass is 19.1. The Morgan fingerprint density at radius 2 is 2.26 bits per heavy atom. The number of carbonyl (C=O) groups is 1. The summed E-state index contributed by atoms with van der Waals surface area (Å²) in [5.74, 6) is -1.37. The zero-order valence-corrected chi connectivity index (χ0v) is 10.6. The molecule has 1 aromatic rings. The van der Waals surface area contributed by atoms with E-state index in [1.54, 1.807) is 0 Å². The van der Waals surface area contributed by atoms with Crippen LogP contribution in [-0.2, 0) is 0 Å². The molecule has 0 aliphatic rings. The quantitative estimate of drug-likeness (QED) is 0.605. The fourth-order valence-electron chi connectivity index (χ4n) is 1.71. The fourth-order valence-corrected chi connectivity index (χ4v) is 1.71. The van der Waals surface area contributed by atoms with E-state index in [0.29, 0.717) is 6.42 Å². The third-order valence-electron chi connectivity index (χ3n) is 2.66. The van der Waals surface area contributed by atoms with E-state index in [1.807, 2.05) is 6.92 Å². The molecule has 1 aromatic carbocycles. The van der Waals surface area contributed by atoms with Gasteiger partial charge in [0.05, 0.1) is 11.0 Å². The van der Waals surface area contributed by atoms with E-state index in [-0.39, 0.29) is 18.2 Å². The van der Waals surface area contributed by atoms with Gasteiger partial charge < -0.3 is 11.1 Å². The van der Waals surface area contributed by atoms with Gasteiger partial charge in [-0.2, -0.15) is 0 Å². The maximum absolute atomic E-state index is 13.0. The number of carbonyl (C=O) groups excluding carboxylic acids is 1. The van der Waals surface area contributed by atoms with E-state index in [4.69, 9.17) is 5.73 Å². The van der Waals surface area contributed by atoms with Gasteiger partial charge in [-0.15, -0.1) is 0 Å². The molecule has 0 aliphatic carbocycles. The second-order valence-electron chi connectivity index (χ2n) is 4.11. The number of nitro benzene ring substituents is 1. The van der Waals surface area contributed by atoms with E-state index in [1.165, 1.54) is 0 Å². The average molecular weight is 269 g/mol. The van der Waals surface area contributed by atoms with Crippen LogP contribution in [0, 0.1) is 15.9 Å². The maximum Gasteiger partial charge on any atom is 0.285 e. The Kier molecular flexibility index (Phi) is 5.37. The molecular formula is C12H16FN3O3. The van der Waals surface area contributed by atoms with Crippen molar-refractivity contribution >= 4 is 11.6 Å². The van der Waals surface area contributed by atoms with Gasteiger partial charge in [0.2, 0.25) is 0 Å². The first-order valence-corrected chi connectivity index (χ1v) is 5.94. The SMILES string of the molecule is CCCC(CN)NC(=O)c1ccc(F)cc1[N+](=O)[O-]. The van der Waals surface area contributed by atoms with E-state index in [9.17, 15) is 19.3 Å². The second-order valence-corrected chi connectivity index (χ2v) is 4.11. The van der Waals surface area contributed by atoms with Crippen molar-refractivity contribution in [3.05, 3.63) is 39.7 Å². The highest BCUT2D eigenvalue weighted by molar-refractivity contribution is 5.98. The molecule has 0 saturated carbocycles. The van der Waals surface area contributed by atoms with Crippen molar-refractivity contribution in [2.24, 2.45) is 5.73 Å². The molecule has 104 valence electrons. The number of benzene rings is 1. The Hall–Kier alpha value is -2.02. The summed E-state index contributed by atoms with van der Waals surface area (Å²) in [7, 11) is 0. The Morgan fingerprint density at radius 1 is 1.58 bits per heavy atom. The minimum atomic E-state index is -0.782. The molecular weight excluding hydrogens is 253 g/mol. The summed E-state index contributed by atoms with van der Waals surface area (Å²) in [6, 6.07) is 2.59. The monoisotopic (exact) mass is 269 g/mol. The lowest BCUT2D eigenvalue weighted by Crippen LogP contribution is -2.40. The standard InChI is InChI=1S/C12H16FN3O3/c1-2-3-9(7-14)15-12(17)10-5-4-8(13)6-11(10)16(18)19/h4-6,9H,2-3,7,14H2,1H3,(H,15,17). The predicted molar refractivity (Wildman–Crippen MR) is 68.3 cm³/mol. The predicted octanol–water partition coefficient (Wildman–Crippen LogP) is 1.59. The molecule has 0 aromatic heterocycles. The van der Waals surface area contributed by atoms with Crippen LogP contribution < -0.4 is 11.1 Å². The molecule has 1 amide bonds. The first-order chi connectivity index (χ1) is 8.99. The minimum absolute atomic E-state index is 0.166. The number of hydrogen-bond donors (Lipinski definition) is 2. The van der Waals surface area contributed by atoms with Crippen molar-refractivity contribution < 1.29 is 14.1 Å². The molecule has 1 unspecified atom stereocenters. The molecule has 1 atom stereocenters. The molecule has 0 heterocycles.